The predicted octanol–water partition coefficient (Wildman–Crippen LogP) is 4.83. The van der Waals surface area contributed by atoms with Gasteiger partial charge < -0.3 is 10.2 Å². The summed E-state index contributed by atoms with van der Waals surface area (Å²) >= 11 is 0. The van der Waals surface area contributed by atoms with E-state index in [4.69, 9.17) is 0 Å². The third-order valence-corrected chi connectivity index (χ3v) is 7.88. The number of carbonyl (C=O) groups is 2. The van der Waals surface area contributed by atoms with E-state index in [2.05, 4.69) is 5.32 Å². The van der Waals surface area contributed by atoms with Gasteiger partial charge in [0.1, 0.15) is 12.6 Å². The summed E-state index contributed by atoms with van der Waals surface area (Å²) in [5, 5.41) is 2.93. The van der Waals surface area contributed by atoms with Gasteiger partial charge in [0.2, 0.25) is 11.8 Å². The molecule has 3 aromatic rings. The molecule has 0 unspecified atom stereocenters. The summed E-state index contributed by atoms with van der Waals surface area (Å²) in [4.78, 5) is 28.6. The highest BCUT2D eigenvalue weighted by molar-refractivity contribution is 7.92. The summed E-state index contributed by atoms with van der Waals surface area (Å²) in [7, 11) is -4.08. The standard InChI is InChI=1S/C30H37N3O4S/c1-22-17-18-23(2)27(19-22)33(38(36,37)26-15-11-8-12-16-26)21-28(34)32(20-25-13-9-7-10-14-25)24(3)29(35)31-30(4,5)6/h7-19,24H,20-21H2,1-6H3,(H,31,35)/t24-/m1/s1. The molecule has 7 nitrogen and oxygen atoms in total. The maximum absolute atomic E-state index is 14.0. The van der Waals surface area contributed by atoms with Crippen molar-refractivity contribution in [1.29, 1.82) is 0 Å². The van der Waals surface area contributed by atoms with Crippen LogP contribution in [0.4, 0.5) is 5.69 Å². The second-order valence-corrected chi connectivity index (χ2v) is 12.4. The molecule has 3 rings (SSSR count). The van der Waals surface area contributed by atoms with Gasteiger partial charge in [-0.3, -0.25) is 13.9 Å². The van der Waals surface area contributed by atoms with Crippen LogP contribution in [0, 0.1) is 13.8 Å². The van der Waals surface area contributed by atoms with Crippen molar-refractivity contribution in [3.63, 3.8) is 0 Å². The summed E-state index contributed by atoms with van der Waals surface area (Å²) < 4.78 is 28.9. The van der Waals surface area contributed by atoms with Crippen molar-refractivity contribution in [3.05, 3.63) is 95.6 Å². The van der Waals surface area contributed by atoms with Crippen LogP contribution < -0.4 is 9.62 Å². The normalized spacial score (nSPS) is 12.5. The van der Waals surface area contributed by atoms with Crippen LogP contribution in [0.15, 0.2) is 83.8 Å². The number of benzene rings is 3. The molecular formula is C30H37N3O4S. The Balaban J connectivity index is 2.06. The first-order valence-corrected chi connectivity index (χ1v) is 14.0. The Morgan fingerprint density at radius 3 is 2.05 bits per heavy atom. The molecule has 0 bridgehead atoms. The average Bonchev–Trinajstić information content (AvgIpc) is 2.87. The summed E-state index contributed by atoms with van der Waals surface area (Å²) in [6, 6.07) is 22.1. The van der Waals surface area contributed by atoms with Gasteiger partial charge >= 0.3 is 0 Å². The molecule has 38 heavy (non-hydrogen) atoms. The van der Waals surface area contributed by atoms with E-state index in [1.165, 1.54) is 17.0 Å². The summed E-state index contributed by atoms with van der Waals surface area (Å²) in [6.07, 6.45) is 0. The van der Waals surface area contributed by atoms with E-state index in [0.29, 0.717) is 5.69 Å². The molecule has 0 aliphatic carbocycles. The number of nitrogens with one attached hydrogen (secondary N) is 1. The molecular weight excluding hydrogens is 498 g/mol. The summed E-state index contributed by atoms with van der Waals surface area (Å²) in [5.41, 5.74) is 2.35. The fourth-order valence-electron chi connectivity index (χ4n) is 4.06. The lowest BCUT2D eigenvalue weighted by Crippen LogP contribution is -2.54. The topological polar surface area (TPSA) is 86.8 Å². The van der Waals surface area contributed by atoms with Crippen molar-refractivity contribution >= 4 is 27.5 Å². The Morgan fingerprint density at radius 1 is 0.895 bits per heavy atom. The molecule has 1 N–H and O–H groups in total. The number of anilines is 1. The van der Waals surface area contributed by atoms with Crippen molar-refractivity contribution in [3.8, 4) is 0 Å². The van der Waals surface area contributed by atoms with Gasteiger partial charge in [-0.25, -0.2) is 8.42 Å². The van der Waals surface area contributed by atoms with Crippen LogP contribution in [0.5, 0.6) is 0 Å². The Labute approximate surface area is 226 Å². The number of rotatable bonds is 9. The van der Waals surface area contributed by atoms with E-state index in [0.717, 1.165) is 21.0 Å². The number of hydrogen-bond donors (Lipinski definition) is 1. The van der Waals surface area contributed by atoms with Crippen molar-refractivity contribution < 1.29 is 18.0 Å². The minimum Gasteiger partial charge on any atom is -0.350 e. The SMILES string of the molecule is Cc1ccc(C)c(N(CC(=O)N(Cc2ccccc2)[C@H](C)C(=O)NC(C)(C)C)S(=O)(=O)c2ccccc2)c1. The zero-order valence-electron chi connectivity index (χ0n) is 22.9. The number of amides is 2. The molecule has 0 heterocycles. The molecule has 8 heteroatoms. The summed E-state index contributed by atoms with van der Waals surface area (Å²) in [5.74, 6) is -0.795. The maximum Gasteiger partial charge on any atom is 0.264 e. The lowest BCUT2D eigenvalue weighted by molar-refractivity contribution is -0.140. The molecule has 0 saturated heterocycles. The second-order valence-electron chi connectivity index (χ2n) is 10.5. The van der Waals surface area contributed by atoms with Crippen molar-refractivity contribution in [2.24, 2.45) is 0 Å². The molecule has 0 saturated carbocycles. The van der Waals surface area contributed by atoms with E-state index in [1.54, 1.807) is 31.2 Å². The molecule has 0 aliphatic heterocycles. The van der Waals surface area contributed by atoms with Crippen LogP contribution in [0.1, 0.15) is 44.4 Å². The monoisotopic (exact) mass is 535 g/mol. The Kier molecular flexibility index (Phi) is 8.99. The molecule has 202 valence electrons. The third-order valence-electron chi connectivity index (χ3n) is 6.10. The average molecular weight is 536 g/mol. The van der Waals surface area contributed by atoms with Crippen molar-refractivity contribution in [1.82, 2.24) is 10.2 Å². The first-order valence-electron chi connectivity index (χ1n) is 12.6. The predicted molar refractivity (Wildman–Crippen MR) is 151 cm³/mol. The Hall–Kier alpha value is -3.65. The molecule has 0 spiro atoms. The second kappa shape index (κ2) is 11.8. The smallest absolute Gasteiger partial charge is 0.264 e. The van der Waals surface area contributed by atoms with Crippen LogP contribution in [0.2, 0.25) is 0 Å². The van der Waals surface area contributed by atoms with Crippen LogP contribution in [0.25, 0.3) is 0 Å². The molecule has 1 atom stereocenters. The van der Waals surface area contributed by atoms with Crippen molar-refractivity contribution in [2.45, 2.75) is 64.6 Å². The lowest BCUT2D eigenvalue weighted by Gasteiger charge is -2.34. The quantitative estimate of drug-likeness (QED) is 0.425. The van der Waals surface area contributed by atoms with Gasteiger partial charge in [0.25, 0.3) is 10.0 Å². The van der Waals surface area contributed by atoms with E-state index >= 15 is 0 Å². The highest BCUT2D eigenvalue weighted by Crippen LogP contribution is 2.28. The van der Waals surface area contributed by atoms with Gasteiger partial charge in [-0.2, -0.15) is 0 Å². The molecule has 0 aliphatic rings. The Bertz CT molecular complexity index is 1370. The van der Waals surface area contributed by atoms with Gasteiger partial charge in [-0.15, -0.1) is 0 Å². The van der Waals surface area contributed by atoms with Gasteiger partial charge in [0, 0.05) is 12.1 Å². The van der Waals surface area contributed by atoms with Gasteiger partial charge in [0.05, 0.1) is 10.6 Å². The fraction of sp³-hybridized carbons (Fsp3) is 0.333. The van der Waals surface area contributed by atoms with Crippen LogP contribution in [0.3, 0.4) is 0 Å². The largest absolute Gasteiger partial charge is 0.350 e. The van der Waals surface area contributed by atoms with Crippen molar-refractivity contribution in [2.75, 3.05) is 10.8 Å². The zero-order chi connectivity index (χ0) is 28.1. The fourth-order valence-corrected chi connectivity index (χ4v) is 5.55. The highest BCUT2D eigenvalue weighted by Gasteiger charge is 2.33. The minimum atomic E-state index is -4.08. The first-order chi connectivity index (χ1) is 17.8. The van der Waals surface area contributed by atoms with E-state index < -0.39 is 34.1 Å². The molecule has 3 aromatic carbocycles. The van der Waals surface area contributed by atoms with Gasteiger partial charge in [-0.1, -0.05) is 60.7 Å². The van der Waals surface area contributed by atoms with Gasteiger partial charge in [0.15, 0.2) is 0 Å². The van der Waals surface area contributed by atoms with Gasteiger partial charge in [-0.05, 0) is 76.4 Å². The zero-order valence-corrected chi connectivity index (χ0v) is 23.7. The number of sulfonamides is 1. The number of aryl methyl sites for hydroxylation is 2. The molecule has 0 radical (unpaired) electrons. The maximum atomic E-state index is 14.0. The first kappa shape index (κ1) is 28.9. The number of nitrogens with zero attached hydrogens (tertiary/aromatic N) is 2. The van der Waals surface area contributed by atoms with E-state index in [9.17, 15) is 18.0 Å². The summed E-state index contributed by atoms with van der Waals surface area (Å²) in [6.45, 7) is 10.7. The van der Waals surface area contributed by atoms with Crippen LogP contribution >= 0.6 is 0 Å². The third kappa shape index (κ3) is 7.22. The molecule has 0 aromatic heterocycles. The Morgan fingerprint density at radius 2 is 1.47 bits per heavy atom. The van der Waals surface area contributed by atoms with Crippen LogP contribution in [-0.4, -0.2) is 43.3 Å². The van der Waals surface area contributed by atoms with E-state index in [-0.39, 0.29) is 17.3 Å². The number of hydrogen-bond acceptors (Lipinski definition) is 4. The molecule has 0 fully saturated rings. The lowest BCUT2D eigenvalue weighted by atomic mass is 10.1. The van der Waals surface area contributed by atoms with Crippen LogP contribution in [-0.2, 0) is 26.2 Å². The highest BCUT2D eigenvalue weighted by atomic mass is 32.2. The molecule has 2 amide bonds. The minimum absolute atomic E-state index is 0.0850. The van der Waals surface area contributed by atoms with E-state index in [1.807, 2.05) is 77.1 Å². The number of carbonyl (C=O) groups excluding carboxylic acids is 2.